The summed E-state index contributed by atoms with van der Waals surface area (Å²) in [4.78, 5) is 6.80. The number of aryl methyl sites for hydroxylation is 1. The lowest BCUT2D eigenvalue weighted by atomic mass is 10.1. The summed E-state index contributed by atoms with van der Waals surface area (Å²) in [5, 5.41) is 11.9. The first-order valence-corrected chi connectivity index (χ1v) is 7.52. The zero-order valence-electron chi connectivity index (χ0n) is 11.9. The van der Waals surface area contributed by atoms with Crippen molar-refractivity contribution < 1.29 is 0 Å². The van der Waals surface area contributed by atoms with E-state index >= 15 is 0 Å². The maximum Gasteiger partial charge on any atom is 0.183 e. The Bertz CT molecular complexity index is 487. The van der Waals surface area contributed by atoms with E-state index < -0.39 is 0 Å². The molecule has 0 spiro atoms. The molecule has 4 nitrogen and oxygen atoms in total. The van der Waals surface area contributed by atoms with Crippen LogP contribution in [0.3, 0.4) is 0 Å². The van der Waals surface area contributed by atoms with Crippen molar-refractivity contribution in [2.75, 3.05) is 24.2 Å². The van der Waals surface area contributed by atoms with Crippen LogP contribution in [0.4, 0.5) is 11.4 Å². The van der Waals surface area contributed by atoms with Crippen LogP contribution >= 0.6 is 11.8 Å². The average Bonchev–Trinajstić information content (AvgIpc) is 2.41. The zero-order chi connectivity index (χ0) is 14.3. The molecule has 0 amide bonds. The fourth-order valence-corrected chi connectivity index (χ4v) is 2.17. The molecule has 0 unspecified atom stereocenters. The fraction of sp³-hybridized carbons (Fsp3) is 0.429. The molecule has 0 atom stereocenters. The summed E-state index contributed by atoms with van der Waals surface area (Å²) in [6.45, 7) is 8.16. The van der Waals surface area contributed by atoms with Crippen molar-refractivity contribution in [1.82, 2.24) is 5.32 Å². The number of hydrogen-bond acceptors (Lipinski definition) is 4. The van der Waals surface area contributed by atoms with E-state index in [1.807, 2.05) is 25.4 Å². The molecular weight excluding hydrogens is 256 g/mol. The Morgan fingerprint density at radius 2 is 2.11 bits per heavy atom. The Kier molecular flexibility index (Phi) is 6.23. The molecular formula is C14H20N4S. The number of amidine groups is 1. The van der Waals surface area contributed by atoms with Crippen LogP contribution in [-0.4, -0.2) is 24.5 Å². The second kappa shape index (κ2) is 7.70. The van der Waals surface area contributed by atoms with Crippen molar-refractivity contribution in [3.63, 3.8) is 0 Å². The predicted molar refractivity (Wildman–Crippen MR) is 84.1 cm³/mol. The van der Waals surface area contributed by atoms with Crippen LogP contribution in [0.1, 0.15) is 19.4 Å². The summed E-state index contributed by atoms with van der Waals surface area (Å²) in [7, 11) is 0. The van der Waals surface area contributed by atoms with Gasteiger partial charge in [0.15, 0.2) is 11.4 Å². The first kappa shape index (κ1) is 15.4. The zero-order valence-corrected chi connectivity index (χ0v) is 12.7. The monoisotopic (exact) mass is 276 g/mol. The quantitative estimate of drug-likeness (QED) is 0.397. The van der Waals surface area contributed by atoms with Gasteiger partial charge in [-0.15, -0.1) is 0 Å². The molecule has 1 rings (SSSR count). The third kappa shape index (κ3) is 4.18. The number of nitrogens with zero attached hydrogens (tertiary/aromatic N) is 3. The summed E-state index contributed by atoms with van der Waals surface area (Å²) in [5.41, 5.74) is 3.16. The first-order valence-electron chi connectivity index (χ1n) is 6.29. The molecule has 1 aromatic rings. The van der Waals surface area contributed by atoms with Crippen molar-refractivity contribution in [2.45, 2.75) is 20.8 Å². The van der Waals surface area contributed by atoms with E-state index in [1.54, 1.807) is 0 Å². The van der Waals surface area contributed by atoms with Crippen molar-refractivity contribution in [3.05, 3.63) is 23.8 Å². The summed E-state index contributed by atoms with van der Waals surface area (Å²) in [6, 6.07) is 6.22. The maximum atomic E-state index is 8.71. The summed E-state index contributed by atoms with van der Waals surface area (Å²) < 4.78 is 0. The summed E-state index contributed by atoms with van der Waals surface area (Å²) in [5.74, 6) is 0. The molecule has 0 aliphatic heterocycles. The van der Waals surface area contributed by atoms with Gasteiger partial charge in [-0.25, -0.2) is 4.99 Å². The Hall–Kier alpha value is -1.67. The molecule has 0 fully saturated rings. The van der Waals surface area contributed by atoms with Crippen LogP contribution in [0.5, 0.6) is 0 Å². The van der Waals surface area contributed by atoms with Gasteiger partial charge in [-0.05, 0) is 44.7 Å². The van der Waals surface area contributed by atoms with Gasteiger partial charge in [0.2, 0.25) is 0 Å². The molecule has 0 bridgehead atoms. The fourth-order valence-electron chi connectivity index (χ4n) is 1.84. The molecule has 1 aromatic carbocycles. The number of thioether (sulfide) groups is 1. The third-order valence-corrected chi connectivity index (χ3v) is 3.39. The number of anilines is 1. The Labute approximate surface area is 119 Å². The molecule has 0 aliphatic rings. The van der Waals surface area contributed by atoms with Gasteiger partial charge in [0.05, 0.1) is 11.4 Å². The highest BCUT2D eigenvalue weighted by atomic mass is 32.2. The number of aliphatic imine (C=N–C) groups is 1. The minimum Gasteiger partial charge on any atom is -0.370 e. The lowest BCUT2D eigenvalue weighted by Crippen LogP contribution is -2.22. The molecule has 19 heavy (non-hydrogen) atoms. The lowest BCUT2D eigenvalue weighted by molar-refractivity contribution is 0.866. The van der Waals surface area contributed by atoms with Gasteiger partial charge in [-0.2, -0.15) is 5.26 Å². The highest BCUT2D eigenvalue weighted by Crippen LogP contribution is 2.30. The van der Waals surface area contributed by atoms with E-state index in [9.17, 15) is 0 Å². The van der Waals surface area contributed by atoms with E-state index in [2.05, 4.69) is 41.2 Å². The second-order valence-corrected chi connectivity index (χ2v) is 4.82. The van der Waals surface area contributed by atoms with Gasteiger partial charge in [0.25, 0.3) is 0 Å². The predicted octanol–water partition coefficient (Wildman–Crippen LogP) is 3.26. The van der Waals surface area contributed by atoms with Gasteiger partial charge in [0.1, 0.15) is 0 Å². The Balaban J connectivity index is 3.24. The van der Waals surface area contributed by atoms with Gasteiger partial charge < -0.3 is 4.90 Å². The number of hydrogen-bond donors (Lipinski definition) is 1. The van der Waals surface area contributed by atoms with Crippen LogP contribution in [0.25, 0.3) is 0 Å². The summed E-state index contributed by atoms with van der Waals surface area (Å²) >= 11 is 1.43. The first-order chi connectivity index (χ1) is 9.15. The number of benzene rings is 1. The maximum absolute atomic E-state index is 8.71. The molecule has 5 heteroatoms. The molecule has 1 N–H and O–H groups in total. The standard InChI is InChI=1S/C14H20N4S/c1-5-18(6-2)13-8-7-11(3)9-12(13)17-14(19-4)16-10-15/h7-9H,5-6H2,1-4H3,(H,16,17). The van der Waals surface area contributed by atoms with E-state index in [4.69, 9.17) is 5.26 Å². The van der Waals surface area contributed by atoms with Crippen molar-refractivity contribution >= 4 is 28.3 Å². The molecule has 0 saturated carbocycles. The smallest absolute Gasteiger partial charge is 0.183 e. The Morgan fingerprint density at radius 1 is 1.42 bits per heavy atom. The number of nitriles is 1. The minimum absolute atomic E-state index is 0.613. The topological polar surface area (TPSA) is 51.4 Å². The van der Waals surface area contributed by atoms with Crippen LogP contribution in [0.2, 0.25) is 0 Å². The largest absolute Gasteiger partial charge is 0.370 e. The van der Waals surface area contributed by atoms with Crippen LogP contribution in [-0.2, 0) is 0 Å². The highest BCUT2D eigenvalue weighted by molar-refractivity contribution is 8.13. The molecule has 0 heterocycles. The van der Waals surface area contributed by atoms with Gasteiger partial charge in [-0.3, -0.25) is 5.32 Å². The van der Waals surface area contributed by atoms with Gasteiger partial charge in [0, 0.05) is 13.1 Å². The number of rotatable bonds is 4. The van der Waals surface area contributed by atoms with Crippen LogP contribution in [0, 0.1) is 18.4 Å². The van der Waals surface area contributed by atoms with Gasteiger partial charge >= 0.3 is 0 Å². The SMILES string of the molecule is CCN(CC)c1ccc(C)cc1N=C(NC#N)SC. The van der Waals surface area contributed by atoms with Crippen LogP contribution < -0.4 is 10.2 Å². The summed E-state index contributed by atoms with van der Waals surface area (Å²) in [6.07, 6.45) is 3.81. The number of nitrogens with one attached hydrogen (secondary N) is 1. The van der Waals surface area contributed by atoms with E-state index in [0.29, 0.717) is 5.17 Å². The van der Waals surface area contributed by atoms with Crippen molar-refractivity contribution in [3.8, 4) is 6.19 Å². The van der Waals surface area contributed by atoms with Crippen LogP contribution in [0.15, 0.2) is 23.2 Å². The normalized spacial score (nSPS) is 11.0. The van der Waals surface area contributed by atoms with Crippen molar-refractivity contribution in [2.24, 2.45) is 4.99 Å². The van der Waals surface area contributed by atoms with E-state index in [-0.39, 0.29) is 0 Å². The van der Waals surface area contributed by atoms with Crippen molar-refractivity contribution in [1.29, 1.82) is 5.26 Å². The van der Waals surface area contributed by atoms with Gasteiger partial charge in [-0.1, -0.05) is 17.8 Å². The third-order valence-electron chi connectivity index (χ3n) is 2.81. The Morgan fingerprint density at radius 3 is 2.63 bits per heavy atom. The van der Waals surface area contributed by atoms with E-state index in [0.717, 1.165) is 30.0 Å². The molecule has 0 radical (unpaired) electrons. The lowest BCUT2D eigenvalue weighted by Gasteiger charge is -2.23. The molecule has 0 aliphatic carbocycles. The minimum atomic E-state index is 0.613. The molecule has 0 aromatic heterocycles. The second-order valence-electron chi connectivity index (χ2n) is 4.02. The molecule has 0 saturated heterocycles. The van der Waals surface area contributed by atoms with E-state index in [1.165, 1.54) is 11.8 Å². The average molecular weight is 276 g/mol. The molecule has 102 valence electrons. The highest BCUT2D eigenvalue weighted by Gasteiger charge is 2.09.